The van der Waals surface area contributed by atoms with Gasteiger partial charge in [-0.1, -0.05) is 17.7 Å². The molecule has 2 rings (SSSR count). The maximum atomic E-state index is 8.60. The Bertz CT molecular complexity index is 733. The number of nitrogens with zero attached hydrogens (tertiary/aromatic N) is 3. The van der Waals surface area contributed by atoms with E-state index in [1.807, 2.05) is 23.2 Å². The molecule has 2 aromatic rings. The van der Waals surface area contributed by atoms with Crippen molar-refractivity contribution in [3.8, 4) is 17.6 Å². The van der Waals surface area contributed by atoms with Gasteiger partial charge in [-0.05, 0) is 49.7 Å². The molecule has 0 aliphatic heterocycles. The number of nitriles is 1. The lowest BCUT2D eigenvalue weighted by molar-refractivity contribution is 0.329. The van der Waals surface area contributed by atoms with E-state index < -0.39 is 0 Å². The molecule has 0 atom stereocenters. The second-order valence-electron chi connectivity index (χ2n) is 5.15. The summed E-state index contributed by atoms with van der Waals surface area (Å²) in [5.74, 6) is 1.12. The average molecular weight is 323 g/mol. The standard InChI is InChI=1S/C19H21N3O2/c1-4-22(17-8-5-15(2)6-9-17)21-14-16-7-10-18(24-12-11-20)19(13-16)23-3/h5-10,13-14H,4,12H2,1-3H3/b21-14-. The monoisotopic (exact) mass is 323 g/mol. The number of hydrogen-bond donors (Lipinski definition) is 0. The van der Waals surface area contributed by atoms with Crippen LogP contribution in [0.2, 0.25) is 0 Å². The van der Waals surface area contributed by atoms with E-state index in [1.165, 1.54) is 5.56 Å². The van der Waals surface area contributed by atoms with E-state index >= 15 is 0 Å². The normalized spacial score (nSPS) is 10.4. The number of ether oxygens (including phenoxy) is 2. The van der Waals surface area contributed by atoms with Crippen LogP contribution < -0.4 is 14.5 Å². The van der Waals surface area contributed by atoms with Crippen LogP contribution in [0.3, 0.4) is 0 Å². The van der Waals surface area contributed by atoms with Crippen LogP contribution in [0, 0.1) is 18.3 Å². The minimum atomic E-state index is -0.0131. The van der Waals surface area contributed by atoms with Crippen LogP contribution in [0.4, 0.5) is 5.69 Å². The third-order valence-corrected chi connectivity index (χ3v) is 3.46. The summed E-state index contributed by atoms with van der Waals surface area (Å²) in [4.78, 5) is 0. The van der Waals surface area contributed by atoms with E-state index in [-0.39, 0.29) is 6.61 Å². The quantitative estimate of drug-likeness (QED) is 0.575. The molecule has 0 bridgehead atoms. The minimum absolute atomic E-state index is 0.0131. The van der Waals surface area contributed by atoms with Crippen molar-refractivity contribution in [2.24, 2.45) is 5.10 Å². The Morgan fingerprint density at radius 1 is 1.17 bits per heavy atom. The zero-order valence-corrected chi connectivity index (χ0v) is 14.2. The molecule has 0 spiro atoms. The zero-order valence-electron chi connectivity index (χ0n) is 14.2. The fourth-order valence-electron chi connectivity index (χ4n) is 2.18. The third-order valence-electron chi connectivity index (χ3n) is 3.46. The van der Waals surface area contributed by atoms with E-state index in [0.29, 0.717) is 11.5 Å². The van der Waals surface area contributed by atoms with Crippen LogP contribution in [0.25, 0.3) is 0 Å². The van der Waals surface area contributed by atoms with Crippen LogP contribution in [0.1, 0.15) is 18.1 Å². The predicted molar refractivity (Wildman–Crippen MR) is 95.9 cm³/mol. The van der Waals surface area contributed by atoms with Crippen molar-refractivity contribution < 1.29 is 9.47 Å². The lowest BCUT2D eigenvalue weighted by Gasteiger charge is -2.17. The molecule has 0 saturated carbocycles. The molecule has 0 aliphatic carbocycles. The molecule has 0 amide bonds. The van der Waals surface area contributed by atoms with E-state index in [2.05, 4.69) is 43.2 Å². The number of benzene rings is 2. The summed E-state index contributed by atoms with van der Waals surface area (Å²) in [6, 6.07) is 15.7. The first kappa shape index (κ1) is 17.4. The van der Waals surface area contributed by atoms with Crippen molar-refractivity contribution in [1.82, 2.24) is 0 Å². The highest BCUT2D eigenvalue weighted by Gasteiger charge is 2.06. The number of anilines is 1. The maximum Gasteiger partial charge on any atom is 0.174 e. The largest absolute Gasteiger partial charge is 0.493 e. The molecule has 0 radical (unpaired) electrons. The summed E-state index contributed by atoms with van der Waals surface area (Å²) >= 11 is 0. The summed E-state index contributed by atoms with van der Waals surface area (Å²) in [6.07, 6.45) is 1.78. The van der Waals surface area contributed by atoms with E-state index in [4.69, 9.17) is 14.7 Å². The highest BCUT2D eigenvalue weighted by atomic mass is 16.5. The molecule has 0 unspecified atom stereocenters. The Labute approximate surface area is 142 Å². The molecule has 0 aliphatic rings. The molecule has 0 saturated heterocycles. The van der Waals surface area contributed by atoms with Gasteiger partial charge in [0.1, 0.15) is 6.07 Å². The van der Waals surface area contributed by atoms with E-state index in [1.54, 1.807) is 19.4 Å². The number of methoxy groups -OCH3 is 1. The summed E-state index contributed by atoms with van der Waals surface area (Å²) < 4.78 is 10.6. The summed E-state index contributed by atoms with van der Waals surface area (Å²) in [6.45, 7) is 4.86. The Hall–Kier alpha value is -3.00. The Morgan fingerprint density at radius 3 is 2.54 bits per heavy atom. The first-order chi connectivity index (χ1) is 11.7. The minimum Gasteiger partial charge on any atom is -0.493 e. The number of hydrazone groups is 1. The molecule has 5 heteroatoms. The number of aryl methyl sites for hydroxylation is 1. The van der Waals surface area contributed by atoms with Gasteiger partial charge < -0.3 is 9.47 Å². The van der Waals surface area contributed by atoms with Gasteiger partial charge in [0.2, 0.25) is 0 Å². The van der Waals surface area contributed by atoms with Crippen LogP contribution in [-0.4, -0.2) is 26.5 Å². The van der Waals surface area contributed by atoms with E-state index in [0.717, 1.165) is 17.8 Å². The van der Waals surface area contributed by atoms with Gasteiger partial charge in [0.05, 0.1) is 19.0 Å². The second-order valence-corrected chi connectivity index (χ2v) is 5.15. The van der Waals surface area contributed by atoms with Crippen molar-refractivity contribution in [3.05, 3.63) is 53.6 Å². The summed E-state index contributed by atoms with van der Waals surface area (Å²) in [5.41, 5.74) is 3.15. The van der Waals surface area contributed by atoms with Crippen molar-refractivity contribution >= 4 is 11.9 Å². The number of hydrogen-bond acceptors (Lipinski definition) is 5. The predicted octanol–water partition coefficient (Wildman–Crippen LogP) is 3.77. The molecule has 124 valence electrons. The highest BCUT2D eigenvalue weighted by molar-refractivity contribution is 5.81. The molecular formula is C19H21N3O2. The van der Waals surface area contributed by atoms with Gasteiger partial charge in [-0.3, -0.25) is 5.01 Å². The first-order valence-electron chi connectivity index (χ1n) is 7.74. The second kappa shape index (κ2) is 8.59. The van der Waals surface area contributed by atoms with Crippen molar-refractivity contribution in [3.63, 3.8) is 0 Å². The molecule has 0 aromatic heterocycles. The Morgan fingerprint density at radius 2 is 1.92 bits per heavy atom. The third kappa shape index (κ3) is 4.50. The fraction of sp³-hybridized carbons (Fsp3) is 0.263. The lowest BCUT2D eigenvalue weighted by Crippen LogP contribution is -2.15. The highest BCUT2D eigenvalue weighted by Crippen LogP contribution is 2.27. The molecule has 2 aromatic carbocycles. The smallest absolute Gasteiger partial charge is 0.174 e. The van der Waals surface area contributed by atoms with Gasteiger partial charge >= 0.3 is 0 Å². The topological polar surface area (TPSA) is 57.8 Å². The van der Waals surface area contributed by atoms with Crippen molar-refractivity contribution in [2.75, 3.05) is 25.3 Å². The molecule has 24 heavy (non-hydrogen) atoms. The van der Waals surface area contributed by atoms with Gasteiger partial charge in [-0.2, -0.15) is 10.4 Å². The number of rotatable bonds is 7. The van der Waals surface area contributed by atoms with Crippen LogP contribution in [0.5, 0.6) is 11.5 Å². The zero-order chi connectivity index (χ0) is 17.4. The molecule has 0 fully saturated rings. The van der Waals surface area contributed by atoms with Crippen molar-refractivity contribution in [1.29, 1.82) is 5.26 Å². The van der Waals surface area contributed by atoms with Gasteiger partial charge in [0.15, 0.2) is 18.1 Å². The summed E-state index contributed by atoms with van der Waals surface area (Å²) in [5, 5.41) is 15.1. The molecule has 0 heterocycles. The van der Waals surface area contributed by atoms with Crippen LogP contribution in [0.15, 0.2) is 47.6 Å². The Balaban J connectivity index is 2.17. The lowest BCUT2D eigenvalue weighted by atomic mass is 10.2. The van der Waals surface area contributed by atoms with Gasteiger partial charge in [-0.15, -0.1) is 0 Å². The molecular weight excluding hydrogens is 302 g/mol. The molecule has 0 N–H and O–H groups in total. The van der Waals surface area contributed by atoms with Gasteiger partial charge in [0.25, 0.3) is 0 Å². The van der Waals surface area contributed by atoms with Gasteiger partial charge in [0, 0.05) is 6.54 Å². The van der Waals surface area contributed by atoms with E-state index in [9.17, 15) is 0 Å². The van der Waals surface area contributed by atoms with Crippen molar-refractivity contribution in [2.45, 2.75) is 13.8 Å². The van der Waals surface area contributed by atoms with Gasteiger partial charge in [-0.25, -0.2) is 0 Å². The van der Waals surface area contributed by atoms with Crippen LogP contribution in [-0.2, 0) is 0 Å². The SMILES string of the molecule is CCN(/N=C\c1ccc(OCC#N)c(OC)c1)c1ccc(C)cc1. The first-order valence-corrected chi connectivity index (χ1v) is 7.74. The Kier molecular flexibility index (Phi) is 6.21. The van der Waals surface area contributed by atoms with Crippen LogP contribution >= 0.6 is 0 Å². The maximum absolute atomic E-state index is 8.60. The average Bonchev–Trinajstić information content (AvgIpc) is 2.62. The molecule has 5 nitrogen and oxygen atoms in total. The summed E-state index contributed by atoms with van der Waals surface area (Å²) in [7, 11) is 1.57. The fourth-order valence-corrected chi connectivity index (χ4v) is 2.18.